The molecule has 0 radical (unpaired) electrons. The Labute approximate surface area is 162 Å². The fraction of sp³-hybridized carbons (Fsp3) is 0. The van der Waals surface area contributed by atoms with Gasteiger partial charge in [0.1, 0.15) is 15.9 Å². The molecule has 0 aromatic heterocycles. The average Bonchev–Trinajstić information content (AvgIpc) is 2.38. The predicted octanol–water partition coefficient (Wildman–Crippen LogP) is -0.0776. The van der Waals surface area contributed by atoms with E-state index in [9.17, 15) is 26.5 Å². The molecule has 0 spiro atoms. The van der Waals surface area contributed by atoms with E-state index < -0.39 is 20.2 Å². The summed E-state index contributed by atoms with van der Waals surface area (Å²) in [7, 11) is -8.54. The van der Waals surface area contributed by atoms with Gasteiger partial charge in [0.05, 0.1) is 9.79 Å². The first-order chi connectivity index (χ1) is 10.00. The van der Waals surface area contributed by atoms with Crippen LogP contribution in [-0.4, -0.2) is 68.8 Å². The van der Waals surface area contributed by atoms with Gasteiger partial charge >= 0.3 is 37.7 Å². The predicted molar refractivity (Wildman–Crippen MR) is 77.5 cm³/mol. The Hall–Kier alpha value is -0.880. The first-order valence-corrected chi connectivity index (χ1v) is 8.34. The van der Waals surface area contributed by atoms with E-state index in [4.69, 9.17) is 9.66 Å². The van der Waals surface area contributed by atoms with Gasteiger partial charge in [-0.15, -0.1) is 5.75 Å². The zero-order valence-corrected chi connectivity index (χ0v) is 15.3. The first kappa shape index (κ1) is 22.1. The molecule has 0 bridgehead atoms. The summed E-state index contributed by atoms with van der Waals surface area (Å²) in [4.78, 5) is -0.604. The summed E-state index contributed by atoms with van der Waals surface area (Å²) >= 11 is 0. The van der Waals surface area contributed by atoms with Gasteiger partial charge in [-0.2, -0.15) is 8.42 Å². The number of benzene rings is 2. The molecule has 0 aliphatic rings. The molecule has 0 fully saturated rings. The molecule has 11 heteroatoms. The van der Waals surface area contributed by atoms with Crippen molar-refractivity contribution in [3.05, 3.63) is 48.5 Å². The molecule has 0 heterocycles. The van der Waals surface area contributed by atoms with Crippen LogP contribution in [0, 0.1) is 0 Å². The normalized spacial score (nSPS) is 10.9. The van der Waals surface area contributed by atoms with Gasteiger partial charge in [0.2, 0.25) is 0 Å². The van der Waals surface area contributed by atoms with Crippen molar-refractivity contribution < 1.29 is 36.2 Å². The van der Waals surface area contributed by atoms with Crippen LogP contribution in [-0.2, 0) is 20.2 Å². The van der Waals surface area contributed by atoms with Crippen LogP contribution in [0.25, 0.3) is 0 Å². The third kappa shape index (κ3) is 7.97. The molecule has 2 aromatic rings. The summed E-state index contributed by atoms with van der Waals surface area (Å²) in [5, 5.41) is 19.2. The van der Waals surface area contributed by atoms with Crippen molar-refractivity contribution in [3.8, 4) is 11.5 Å². The summed E-state index contributed by atoms with van der Waals surface area (Å²) in [6.45, 7) is 0. The summed E-state index contributed by atoms with van der Waals surface area (Å²) in [5.41, 5.74) is 0. The standard InChI is InChI=1S/2C6H6O4S.Ca/c2*7-5-1-3-6(4-2-5)11(8,9)10;/h2*1-4,7H,(H,8,9,10);/q;;+2/p-2. The molecular weight excluding hydrogens is 376 g/mol. The Morgan fingerprint density at radius 3 is 1.52 bits per heavy atom. The van der Waals surface area contributed by atoms with E-state index in [1.165, 1.54) is 12.1 Å². The number of phenols is 1. The van der Waals surface area contributed by atoms with Crippen molar-refractivity contribution in [2.24, 2.45) is 0 Å². The monoisotopic (exact) mass is 386 g/mol. The molecule has 0 saturated heterocycles. The van der Waals surface area contributed by atoms with Crippen molar-refractivity contribution in [1.82, 2.24) is 0 Å². The first-order valence-electron chi connectivity index (χ1n) is 5.49. The Morgan fingerprint density at radius 1 is 0.783 bits per heavy atom. The second kappa shape index (κ2) is 8.83. The van der Waals surface area contributed by atoms with Gasteiger partial charge in [-0.3, -0.25) is 4.55 Å². The summed E-state index contributed by atoms with van der Waals surface area (Å²) in [5.74, 6) is -0.366. The second-order valence-electron chi connectivity index (χ2n) is 3.89. The quantitative estimate of drug-likeness (QED) is 0.536. The smallest absolute Gasteiger partial charge is 0.872 e. The van der Waals surface area contributed by atoms with Crippen LogP contribution < -0.4 is 5.11 Å². The molecular formula is C12H10CaO8S2. The zero-order chi connectivity index (χ0) is 17.0. The van der Waals surface area contributed by atoms with Gasteiger partial charge in [-0.25, -0.2) is 8.42 Å². The van der Waals surface area contributed by atoms with Crippen molar-refractivity contribution in [2.75, 3.05) is 0 Å². The topological polar surface area (TPSA) is 155 Å². The molecule has 23 heavy (non-hydrogen) atoms. The molecule has 0 amide bonds. The molecule has 2 N–H and O–H groups in total. The number of phenolic OH excluding ortho intramolecular Hbond substituents is 1. The van der Waals surface area contributed by atoms with Crippen molar-refractivity contribution >= 4 is 58.0 Å². The van der Waals surface area contributed by atoms with E-state index >= 15 is 0 Å². The van der Waals surface area contributed by atoms with E-state index in [2.05, 4.69) is 0 Å². The molecule has 120 valence electrons. The Morgan fingerprint density at radius 2 is 1.17 bits per heavy atom. The molecule has 0 aliphatic heterocycles. The third-order valence-electron chi connectivity index (χ3n) is 2.25. The maximum Gasteiger partial charge on any atom is 2.00 e. The van der Waals surface area contributed by atoms with E-state index in [1.54, 1.807) is 0 Å². The minimum Gasteiger partial charge on any atom is -0.872 e. The van der Waals surface area contributed by atoms with Crippen LogP contribution in [0.15, 0.2) is 58.3 Å². The van der Waals surface area contributed by atoms with Crippen LogP contribution >= 0.6 is 0 Å². The fourth-order valence-electron chi connectivity index (χ4n) is 1.22. The summed E-state index contributed by atoms with van der Waals surface area (Å²) in [6, 6.07) is 8.65. The Balaban J connectivity index is 0.000000403. The minimum absolute atomic E-state index is 0. The van der Waals surface area contributed by atoms with Gasteiger partial charge in [0.25, 0.3) is 10.1 Å². The van der Waals surface area contributed by atoms with Crippen molar-refractivity contribution in [3.63, 3.8) is 0 Å². The molecule has 2 aromatic carbocycles. The van der Waals surface area contributed by atoms with Crippen LogP contribution in [0.2, 0.25) is 0 Å². The van der Waals surface area contributed by atoms with E-state index in [0.717, 1.165) is 36.4 Å². The largest absolute Gasteiger partial charge is 2.00 e. The van der Waals surface area contributed by atoms with E-state index in [-0.39, 0.29) is 59.0 Å². The molecule has 2 rings (SSSR count). The number of aromatic hydroxyl groups is 1. The number of hydrogen-bond acceptors (Lipinski definition) is 7. The average molecular weight is 386 g/mol. The van der Waals surface area contributed by atoms with Gasteiger partial charge < -0.3 is 14.8 Å². The van der Waals surface area contributed by atoms with Crippen molar-refractivity contribution in [1.29, 1.82) is 0 Å². The third-order valence-corrected chi connectivity index (χ3v) is 3.96. The van der Waals surface area contributed by atoms with Gasteiger partial charge in [0.15, 0.2) is 0 Å². The van der Waals surface area contributed by atoms with Crippen molar-refractivity contribution in [2.45, 2.75) is 9.79 Å². The molecule has 8 nitrogen and oxygen atoms in total. The van der Waals surface area contributed by atoms with Crippen LogP contribution in [0.1, 0.15) is 0 Å². The molecule has 0 atom stereocenters. The van der Waals surface area contributed by atoms with Gasteiger partial charge in [0, 0.05) is 0 Å². The fourth-order valence-corrected chi connectivity index (χ4v) is 2.17. The maximum absolute atomic E-state index is 10.5. The van der Waals surface area contributed by atoms with Crippen LogP contribution in [0.5, 0.6) is 11.5 Å². The number of hydrogen-bond donors (Lipinski definition) is 2. The van der Waals surface area contributed by atoms with E-state index in [0.29, 0.717) is 0 Å². The van der Waals surface area contributed by atoms with Crippen LogP contribution in [0.4, 0.5) is 0 Å². The Kier molecular flexibility index (Phi) is 8.49. The van der Waals surface area contributed by atoms with Crippen LogP contribution in [0.3, 0.4) is 0 Å². The summed E-state index contributed by atoms with van der Waals surface area (Å²) < 4.78 is 60.2. The molecule has 0 saturated carbocycles. The summed E-state index contributed by atoms with van der Waals surface area (Å²) in [6.07, 6.45) is 0. The minimum atomic E-state index is -4.41. The second-order valence-corrected chi connectivity index (χ2v) is 6.70. The van der Waals surface area contributed by atoms with Gasteiger partial charge in [-0.05, 0) is 36.4 Å². The number of rotatable bonds is 2. The van der Waals surface area contributed by atoms with Gasteiger partial charge in [-0.1, -0.05) is 12.1 Å². The van der Waals surface area contributed by atoms with E-state index in [1.807, 2.05) is 0 Å². The Bertz CT molecular complexity index is 754. The zero-order valence-electron chi connectivity index (χ0n) is 11.5. The SMILES string of the molecule is O=S(=O)(O)c1ccc(O)cc1.O=S(=O)([O-])c1ccc([O-])cc1.[Ca+2]. The molecule has 0 aliphatic carbocycles. The maximum atomic E-state index is 10.5. The molecule has 0 unspecified atom stereocenters.